The van der Waals surface area contributed by atoms with Crippen LogP contribution >= 0.6 is 34.5 Å². The number of carbonyl (C=O) groups is 1. The van der Waals surface area contributed by atoms with Gasteiger partial charge in [-0.25, -0.2) is 4.79 Å². The lowest BCUT2D eigenvalue weighted by molar-refractivity contribution is 0.0702. The summed E-state index contributed by atoms with van der Waals surface area (Å²) >= 11 is 12.8. The van der Waals surface area contributed by atoms with Crippen molar-refractivity contribution in [2.75, 3.05) is 0 Å². The van der Waals surface area contributed by atoms with E-state index in [9.17, 15) is 4.79 Å². The van der Waals surface area contributed by atoms with E-state index in [2.05, 4.69) is 0 Å². The maximum Gasteiger partial charge on any atom is 0.345 e. The smallest absolute Gasteiger partial charge is 0.345 e. The summed E-state index contributed by atoms with van der Waals surface area (Å²) in [5.41, 5.74) is 0. The summed E-state index contributed by atoms with van der Waals surface area (Å²) in [4.78, 5) is 11.8. The first-order chi connectivity index (χ1) is 8.56. The highest BCUT2D eigenvalue weighted by Crippen LogP contribution is 2.27. The highest BCUT2D eigenvalue weighted by molar-refractivity contribution is 7.13. The van der Waals surface area contributed by atoms with E-state index in [-0.39, 0.29) is 0 Å². The van der Waals surface area contributed by atoms with Crippen LogP contribution in [0.25, 0.3) is 0 Å². The Bertz CT molecular complexity index is 580. The van der Waals surface area contributed by atoms with E-state index in [4.69, 9.17) is 33.0 Å². The molecule has 0 atom stereocenters. The standard InChI is InChI=1S/C12H8Cl2O3S/c13-9-3-1-7(5-10(9)14)17-6-8-2-4-11(18-8)12(15)16/h1-5H,6H2,(H,15,16). The van der Waals surface area contributed by atoms with Crippen molar-refractivity contribution >= 4 is 40.5 Å². The van der Waals surface area contributed by atoms with Crippen molar-refractivity contribution in [3.05, 3.63) is 50.1 Å². The predicted octanol–water partition coefficient (Wildman–Crippen LogP) is 4.33. The molecule has 6 heteroatoms. The zero-order chi connectivity index (χ0) is 13.1. The number of thiophene rings is 1. The van der Waals surface area contributed by atoms with Crippen LogP contribution in [0, 0.1) is 0 Å². The summed E-state index contributed by atoms with van der Waals surface area (Å²) in [6, 6.07) is 8.26. The van der Waals surface area contributed by atoms with Gasteiger partial charge in [-0.1, -0.05) is 23.2 Å². The van der Waals surface area contributed by atoms with Gasteiger partial charge in [-0.15, -0.1) is 11.3 Å². The van der Waals surface area contributed by atoms with E-state index in [1.165, 1.54) is 11.3 Å². The molecular weight excluding hydrogens is 295 g/mol. The fraction of sp³-hybridized carbons (Fsp3) is 0.0833. The first-order valence-corrected chi connectivity index (χ1v) is 6.53. The molecule has 1 aromatic heterocycles. The minimum Gasteiger partial charge on any atom is -0.488 e. The van der Waals surface area contributed by atoms with Gasteiger partial charge in [-0.05, 0) is 24.3 Å². The third-order valence-electron chi connectivity index (χ3n) is 2.14. The predicted molar refractivity (Wildman–Crippen MR) is 72.1 cm³/mol. The summed E-state index contributed by atoms with van der Waals surface area (Å²) in [5.74, 6) is -0.338. The van der Waals surface area contributed by atoms with Crippen LogP contribution in [0.1, 0.15) is 14.5 Å². The fourth-order valence-corrected chi connectivity index (χ4v) is 2.34. The average molecular weight is 303 g/mol. The number of hydrogen-bond acceptors (Lipinski definition) is 3. The molecule has 0 radical (unpaired) electrons. The second-order valence-corrected chi connectivity index (χ2v) is 5.42. The Morgan fingerprint density at radius 3 is 2.61 bits per heavy atom. The lowest BCUT2D eigenvalue weighted by Crippen LogP contribution is -1.93. The lowest BCUT2D eigenvalue weighted by atomic mass is 10.3. The van der Waals surface area contributed by atoms with E-state index in [1.807, 2.05) is 0 Å². The molecular formula is C12H8Cl2O3S. The second-order valence-electron chi connectivity index (χ2n) is 3.44. The van der Waals surface area contributed by atoms with Gasteiger partial charge in [0.25, 0.3) is 0 Å². The summed E-state index contributed by atoms with van der Waals surface area (Å²) in [7, 11) is 0. The first kappa shape index (κ1) is 13.2. The Labute approximate surface area is 118 Å². The largest absolute Gasteiger partial charge is 0.488 e. The van der Waals surface area contributed by atoms with Gasteiger partial charge in [0.05, 0.1) is 10.0 Å². The molecule has 1 heterocycles. The van der Waals surface area contributed by atoms with Crippen molar-refractivity contribution in [2.45, 2.75) is 6.61 Å². The molecule has 1 aromatic carbocycles. The van der Waals surface area contributed by atoms with Crippen molar-refractivity contribution in [1.82, 2.24) is 0 Å². The Balaban J connectivity index is 2.02. The lowest BCUT2D eigenvalue weighted by Gasteiger charge is -2.05. The number of halogens is 2. The second kappa shape index (κ2) is 5.61. The molecule has 0 unspecified atom stereocenters. The van der Waals surface area contributed by atoms with Crippen molar-refractivity contribution < 1.29 is 14.6 Å². The third kappa shape index (κ3) is 3.16. The summed E-state index contributed by atoms with van der Waals surface area (Å²) < 4.78 is 5.50. The highest BCUT2D eigenvalue weighted by atomic mass is 35.5. The molecule has 2 aromatic rings. The summed E-state index contributed by atoms with van der Waals surface area (Å²) in [6.07, 6.45) is 0. The first-order valence-electron chi connectivity index (χ1n) is 4.96. The Kier molecular flexibility index (Phi) is 4.11. The molecule has 0 fully saturated rings. The molecule has 2 rings (SSSR count). The number of ether oxygens (including phenoxy) is 1. The molecule has 0 aliphatic rings. The summed E-state index contributed by atoms with van der Waals surface area (Å²) in [6.45, 7) is 0.301. The van der Waals surface area contributed by atoms with Crippen molar-refractivity contribution in [3.8, 4) is 5.75 Å². The van der Waals surface area contributed by atoms with Crippen LogP contribution < -0.4 is 4.74 Å². The van der Waals surface area contributed by atoms with Gasteiger partial charge in [-0.2, -0.15) is 0 Å². The van der Waals surface area contributed by atoms with E-state index in [0.29, 0.717) is 27.3 Å². The van der Waals surface area contributed by atoms with Crippen LogP contribution in [0.15, 0.2) is 30.3 Å². The minimum absolute atomic E-state index is 0.294. The van der Waals surface area contributed by atoms with Gasteiger partial charge in [0, 0.05) is 10.9 Å². The zero-order valence-electron chi connectivity index (χ0n) is 9.02. The molecule has 0 amide bonds. The van der Waals surface area contributed by atoms with E-state index >= 15 is 0 Å². The molecule has 1 N–H and O–H groups in total. The molecule has 94 valence electrons. The van der Waals surface area contributed by atoms with Crippen LogP contribution in [0.3, 0.4) is 0 Å². The molecule has 0 saturated carbocycles. The van der Waals surface area contributed by atoms with Gasteiger partial charge in [0.15, 0.2) is 0 Å². The van der Waals surface area contributed by atoms with Crippen LogP contribution in [0.4, 0.5) is 0 Å². The molecule has 0 saturated heterocycles. The van der Waals surface area contributed by atoms with Crippen molar-refractivity contribution in [3.63, 3.8) is 0 Å². The van der Waals surface area contributed by atoms with Crippen LogP contribution in [0.2, 0.25) is 10.0 Å². The van der Waals surface area contributed by atoms with Gasteiger partial charge < -0.3 is 9.84 Å². The average Bonchev–Trinajstić information content (AvgIpc) is 2.79. The van der Waals surface area contributed by atoms with Gasteiger partial charge in [0.2, 0.25) is 0 Å². The number of carboxylic acid groups (broad SMARTS) is 1. The quantitative estimate of drug-likeness (QED) is 0.914. The van der Waals surface area contributed by atoms with Crippen LogP contribution in [0.5, 0.6) is 5.75 Å². The Morgan fingerprint density at radius 1 is 1.22 bits per heavy atom. The highest BCUT2D eigenvalue weighted by Gasteiger charge is 2.07. The number of carboxylic acids is 1. The van der Waals surface area contributed by atoms with Crippen molar-refractivity contribution in [2.24, 2.45) is 0 Å². The number of benzene rings is 1. The maximum absolute atomic E-state index is 10.7. The van der Waals surface area contributed by atoms with E-state index < -0.39 is 5.97 Å². The number of aromatic carboxylic acids is 1. The van der Waals surface area contributed by atoms with Crippen LogP contribution in [-0.2, 0) is 6.61 Å². The minimum atomic E-state index is -0.930. The topological polar surface area (TPSA) is 46.5 Å². The van der Waals surface area contributed by atoms with E-state index in [1.54, 1.807) is 30.3 Å². The Morgan fingerprint density at radius 2 is 2.00 bits per heavy atom. The molecule has 0 aliphatic heterocycles. The molecule has 0 spiro atoms. The molecule has 0 aliphatic carbocycles. The number of hydrogen-bond donors (Lipinski definition) is 1. The SMILES string of the molecule is O=C(O)c1ccc(COc2ccc(Cl)c(Cl)c2)s1. The van der Waals surface area contributed by atoms with Crippen LogP contribution in [-0.4, -0.2) is 11.1 Å². The van der Waals surface area contributed by atoms with Crippen molar-refractivity contribution in [1.29, 1.82) is 0 Å². The fourth-order valence-electron chi connectivity index (χ4n) is 1.29. The third-order valence-corrected chi connectivity index (χ3v) is 3.93. The Hall–Kier alpha value is -1.23. The summed E-state index contributed by atoms with van der Waals surface area (Å²) in [5, 5.41) is 9.68. The maximum atomic E-state index is 10.7. The molecule has 3 nitrogen and oxygen atoms in total. The van der Waals surface area contributed by atoms with E-state index in [0.717, 1.165) is 4.88 Å². The van der Waals surface area contributed by atoms with Gasteiger partial charge >= 0.3 is 5.97 Å². The van der Waals surface area contributed by atoms with Gasteiger partial charge in [-0.3, -0.25) is 0 Å². The normalized spacial score (nSPS) is 10.3. The molecule has 0 bridgehead atoms. The number of rotatable bonds is 4. The monoisotopic (exact) mass is 302 g/mol. The zero-order valence-corrected chi connectivity index (χ0v) is 11.4. The van der Waals surface area contributed by atoms with Gasteiger partial charge in [0.1, 0.15) is 17.2 Å². The molecule has 18 heavy (non-hydrogen) atoms.